The van der Waals surface area contributed by atoms with Gasteiger partial charge in [-0.2, -0.15) is 0 Å². The third-order valence-corrected chi connectivity index (χ3v) is 8.19. The lowest BCUT2D eigenvalue weighted by Gasteiger charge is -2.54. The van der Waals surface area contributed by atoms with Crippen LogP contribution in [0.5, 0.6) is 5.75 Å². The number of amides is 1. The highest BCUT2D eigenvalue weighted by molar-refractivity contribution is 5.96. The van der Waals surface area contributed by atoms with E-state index in [2.05, 4.69) is 60.5 Å². The van der Waals surface area contributed by atoms with Gasteiger partial charge >= 0.3 is 0 Å². The van der Waals surface area contributed by atoms with E-state index in [1.807, 2.05) is 6.92 Å². The molecule has 1 amide bonds. The Hall–Kier alpha value is -3.54. The zero-order valence-corrected chi connectivity index (χ0v) is 18.9. The van der Waals surface area contributed by atoms with Gasteiger partial charge in [0, 0.05) is 24.2 Å². The molecule has 1 aromatic heterocycles. The van der Waals surface area contributed by atoms with Crippen LogP contribution in [0.25, 0.3) is 0 Å². The molecule has 0 saturated heterocycles. The van der Waals surface area contributed by atoms with Crippen LogP contribution in [0.2, 0.25) is 0 Å². The number of pyridine rings is 1. The Morgan fingerprint density at radius 3 is 2.09 bits per heavy atom. The Bertz CT molecular complexity index is 1310. The third-order valence-electron chi connectivity index (χ3n) is 8.19. The Labute approximate surface area is 192 Å². The summed E-state index contributed by atoms with van der Waals surface area (Å²) in [6, 6.07) is 18.6. The van der Waals surface area contributed by atoms with Gasteiger partial charge in [0.25, 0.3) is 5.91 Å². The molecular formula is C27H27N3O3. The molecule has 33 heavy (non-hydrogen) atoms. The van der Waals surface area contributed by atoms with Gasteiger partial charge in [-0.25, -0.2) is 0 Å². The Balaban J connectivity index is 1.74. The molecule has 1 aliphatic heterocycles. The SMILES string of the molecule is CCN1CN(C23c4ccccc4CC2(CC)Cc2ccccc23)n2ccc(=O)c(O)c2C1=O. The van der Waals surface area contributed by atoms with E-state index >= 15 is 0 Å². The molecule has 0 saturated carbocycles. The van der Waals surface area contributed by atoms with E-state index in [1.54, 1.807) is 15.8 Å². The Morgan fingerprint density at radius 2 is 1.52 bits per heavy atom. The molecule has 2 aliphatic carbocycles. The van der Waals surface area contributed by atoms with Gasteiger partial charge < -0.3 is 10.0 Å². The van der Waals surface area contributed by atoms with Crippen LogP contribution in [0.4, 0.5) is 0 Å². The molecule has 0 atom stereocenters. The molecule has 2 aromatic carbocycles. The highest BCUT2D eigenvalue weighted by atomic mass is 16.3. The van der Waals surface area contributed by atoms with E-state index in [0.29, 0.717) is 13.2 Å². The van der Waals surface area contributed by atoms with Crippen LogP contribution in [0.1, 0.15) is 53.0 Å². The highest BCUT2D eigenvalue weighted by Crippen LogP contribution is 2.64. The van der Waals surface area contributed by atoms with Crippen molar-refractivity contribution in [1.29, 1.82) is 0 Å². The second-order valence-electron chi connectivity index (χ2n) is 9.44. The molecule has 3 aliphatic rings. The maximum atomic E-state index is 13.3. The van der Waals surface area contributed by atoms with Crippen molar-refractivity contribution < 1.29 is 9.90 Å². The van der Waals surface area contributed by atoms with Crippen molar-refractivity contribution in [2.45, 2.75) is 38.6 Å². The summed E-state index contributed by atoms with van der Waals surface area (Å²) in [5.41, 5.74) is 3.99. The highest BCUT2D eigenvalue weighted by Gasteiger charge is 2.66. The lowest BCUT2D eigenvalue weighted by atomic mass is 9.68. The summed E-state index contributed by atoms with van der Waals surface area (Å²) in [6.45, 7) is 5.04. The molecule has 168 valence electrons. The molecule has 6 nitrogen and oxygen atoms in total. The minimum atomic E-state index is -0.537. The maximum Gasteiger partial charge on any atom is 0.277 e. The first-order valence-electron chi connectivity index (χ1n) is 11.7. The topological polar surface area (TPSA) is 65.8 Å². The van der Waals surface area contributed by atoms with Gasteiger partial charge in [0.2, 0.25) is 5.43 Å². The van der Waals surface area contributed by atoms with Crippen molar-refractivity contribution in [1.82, 2.24) is 9.58 Å². The monoisotopic (exact) mass is 441 g/mol. The van der Waals surface area contributed by atoms with E-state index in [1.165, 1.54) is 28.3 Å². The van der Waals surface area contributed by atoms with Gasteiger partial charge in [0.05, 0.1) is 0 Å². The number of hydrogen-bond acceptors (Lipinski definition) is 4. The first-order chi connectivity index (χ1) is 16.0. The van der Waals surface area contributed by atoms with Crippen LogP contribution >= 0.6 is 0 Å². The molecule has 3 aromatic rings. The van der Waals surface area contributed by atoms with Crippen molar-refractivity contribution in [3.63, 3.8) is 0 Å². The van der Waals surface area contributed by atoms with Gasteiger partial charge in [-0.05, 0) is 48.4 Å². The van der Waals surface area contributed by atoms with E-state index in [9.17, 15) is 14.7 Å². The fourth-order valence-electron chi connectivity index (χ4n) is 6.75. The first kappa shape index (κ1) is 20.1. The number of fused-ring (bicyclic) bond motifs is 6. The fourth-order valence-corrected chi connectivity index (χ4v) is 6.75. The lowest BCUT2D eigenvalue weighted by molar-refractivity contribution is 0.0598. The van der Waals surface area contributed by atoms with Gasteiger partial charge in [0.15, 0.2) is 11.4 Å². The predicted octanol–water partition coefficient (Wildman–Crippen LogP) is 3.38. The van der Waals surface area contributed by atoms with Crippen LogP contribution < -0.4 is 10.4 Å². The van der Waals surface area contributed by atoms with Crippen molar-refractivity contribution in [2.75, 3.05) is 18.2 Å². The largest absolute Gasteiger partial charge is 0.502 e. The summed E-state index contributed by atoms with van der Waals surface area (Å²) in [7, 11) is 0. The number of benzene rings is 2. The minimum Gasteiger partial charge on any atom is -0.502 e. The van der Waals surface area contributed by atoms with Crippen LogP contribution in [-0.4, -0.2) is 33.8 Å². The summed E-state index contributed by atoms with van der Waals surface area (Å²) in [4.78, 5) is 27.4. The van der Waals surface area contributed by atoms with Crippen molar-refractivity contribution in [3.8, 4) is 5.75 Å². The molecule has 0 unspecified atom stereocenters. The standard InChI is InChI=1S/C27H27N3O3/c1-3-26-15-18-9-5-7-11-20(18)27(26,21-12-8-6-10-19(21)16-26)30-17-28(4-2)25(33)23-24(32)22(31)13-14-29(23)30/h5-14,32H,3-4,15-17H2,1-2H3. The van der Waals surface area contributed by atoms with Crippen LogP contribution in [0.3, 0.4) is 0 Å². The number of carbonyl (C=O) groups excluding carboxylic acids is 1. The van der Waals surface area contributed by atoms with Gasteiger partial charge in [0.1, 0.15) is 12.2 Å². The van der Waals surface area contributed by atoms with Gasteiger partial charge in [-0.3, -0.25) is 19.3 Å². The molecule has 0 bridgehead atoms. The lowest BCUT2D eigenvalue weighted by Crippen LogP contribution is -2.65. The zero-order chi connectivity index (χ0) is 23.0. The molecule has 2 heterocycles. The van der Waals surface area contributed by atoms with Crippen molar-refractivity contribution >= 4 is 5.91 Å². The summed E-state index contributed by atoms with van der Waals surface area (Å²) in [5, 5.41) is 13.0. The average Bonchev–Trinajstić information content (AvgIpc) is 3.28. The van der Waals surface area contributed by atoms with Crippen LogP contribution in [0, 0.1) is 5.41 Å². The maximum absolute atomic E-state index is 13.3. The summed E-state index contributed by atoms with van der Waals surface area (Å²) in [6.07, 6.45) is 4.48. The molecule has 6 heteroatoms. The number of nitrogens with zero attached hydrogens (tertiary/aromatic N) is 3. The second-order valence-corrected chi connectivity index (χ2v) is 9.44. The summed E-state index contributed by atoms with van der Waals surface area (Å²) >= 11 is 0. The van der Waals surface area contributed by atoms with E-state index < -0.39 is 16.7 Å². The normalized spacial score (nSPS) is 25.0. The van der Waals surface area contributed by atoms with Crippen molar-refractivity contribution in [2.24, 2.45) is 5.41 Å². The molecule has 0 fully saturated rings. The minimum absolute atomic E-state index is 0.0451. The molecular weight excluding hydrogens is 414 g/mol. The smallest absolute Gasteiger partial charge is 0.277 e. The molecule has 1 N–H and O–H groups in total. The van der Waals surface area contributed by atoms with Crippen LogP contribution in [0.15, 0.2) is 65.6 Å². The summed E-state index contributed by atoms with van der Waals surface area (Å²) in [5.74, 6) is -0.804. The van der Waals surface area contributed by atoms with E-state index in [0.717, 1.165) is 19.3 Å². The molecule has 0 spiro atoms. The Morgan fingerprint density at radius 1 is 0.909 bits per heavy atom. The molecule has 6 rings (SSSR count). The fraction of sp³-hybridized carbons (Fsp3) is 0.333. The summed E-state index contributed by atoms with van der Waals surface area (Å²) < 4.78 is 1.75. The first-order valence-corrected chi connectivity index (χ1v) is 11.7. The number of rotatable bonds is 3. The third kappa shape index (κ3) is 2.28. The van der Waals surface area contributed by atoms with Crippen LogP contribution in [-0.2, 0) is 18.4 Å². The van der Waals surface area contributed by atoms with Gasteiger partial charge in [-0.15, -0.1) is 0 Å². The van der Waals surface area contributed by atoms with Gasteiger partial charge in [-0.1, -0.05) is 55.5 Å². The van der Waals surface area contributed by atoms with E-state index in [4.69, 9.17) is 0 Å². The van der Waals surface area contributed by atoms with E-state index in [-0.39, 0.29) is 17.0 Å². The number of aromatic nitrogens is 1. The second kappa shape index (κ2) is 6.73. The van der Waals surface area contributed by atoms with Crippen molar-refractivity contribution in [3.05, 3.63) is 99.0 Å². The predicted molar refractivity (Wildman–Crippen MR) is 126 cm³/mol. The zero-order valence-electron chi connectivity index (χ0n) is 18.9. The number of aromatic hydroxyl groups is 1. The average molecular weight is 442 g/mol. The number of carbonyl (C=O) groups is 1. The number of hydrogen-bond donors (Lipinski definition) is 1. The Kier molecular flexibility index (Phi) is 4.10. The molecule has 0 radical (unpaired) electrons. The quantitative estimate of drug-likeness (QED) is 0.677.